The van der Waals surface area contributed by atoms with Gasteiger partial charge in [-0.05, 0) is 31.6 Å². The number of rotatable bonds is 9. The van der Waals surface area contributed by atoms with Gasteiger partial charge in [0, 0.05) is 33.4 Å². The van der Waals surface area contributed by atoms with Gasteiger partial charge in [-0.1, -0.05) is 6.42 Å². The van der Waals surface area contributed by atoms with Crippen molar-refractivity contribution in [2.24, 2.45) is 15.5 Å². The van der Waals surface area contributed by atoms with E-state index >= 15 is 0 Å². The smallest absolute Gasteiger partial charge is 0.210 e. The largest absolute Gasteiger partial charge is 0.385 e. The molecule has 0 atom stereocenters. The second-order valence-electron chi connectivity index (χ2n) is 5.59. The Labute approximate surface area is 150 Å². The van der Waals surface area contributed by atoms with Crippen LogP contribution in [0.25, 0.3) is 0 Å². The first-order valence-corrected chi connectivity index (χ1v) is 9.14. The van der Waals surface area contributed by atoms with Gasteiger partial charge in [0.2, 0.25) is 10.0 Å². The number of sulfonamides is 1. The van der Waals surface area contributed by atoms with E-state index < -0.39 is 10.0 Å². The molecule has 0 bridgehead atoms. The van der Waals surface area contributed by atoms with Crippen LogP contribution in [0.3, 0.4) is 0 Å². The first-order valence-electron chi connectivity index (χ1n) is 7.42. The highest BCUT2D eigenvalue weighted by Crippen LogP contribution is 2.44. The average Bonchev–Trinajstić information content (AvgIpc) is 2.35. The van der Waals surface area contributed by atoms with Crippen molar-refractivity contribution in [2.75, 3.05) is 39.1 Å². The van der Waals surface area contributed by atoms with E-state index in [4.69, 9.17) is 9.88 Å². The Balaban J connectivity index is 0.00000441. The summed E-state index contributed by atoms with van der Waals surface area (Å²) in [5.41, 5.74) is 0.248. The highest BCUT2D eigenvalue weighted by Gasteiger charge is 2.36. The van der Waals surface area contributed by atoms with Crippen molar-refractivity contribution in [3.05, 3.63) is 0 Å². The maximum atomic E-state index is 10.9. The van der Waals surface area contributed by atoms with E-state index in [1.807, 2.05) is 6.92 Å². The molecular weight excluding hydrogens is 419 g/mol. The van der Waals surface area contributed by atoms with E-state index in [9.17, 15) is 8.42 Å². The Hall–Kier alpha value is -0.130. The molecule has 1 aliphatic carbocycles. The number of hydrogen-bond donors (Lipinski definition) is 3. The number of primary sulfonamides is 1. The van der Waals surface area contributed by atoms with Crippen molar-refractivity contribution in [3.63, 3.8) is 0 Å². The van der Waals surface area contributed by atoms with E-state index in [1.54, 1.807) is 7.11 Å². The van der Waals surface area contributed by atoms with Crippen molar-refractivity contribution < 1.29 is 13.2 Å². The number of halogens is 1. The minimum atomic E-state index is -3.45. The predicted molar refractivity (Wildman–Crippen MR) is 100 cm³/mol. The fraction of sp³-hybridized carbons (Fsp3) is 0.923. The number of guanidine groups is 1. The van der Waals surface area contributed by atoms with Gasteiger partial charge in [0.25, 0.3) is 0 Å². The number of ether oxygens (including phenoxy) is 1. The molecule has 1 saturated carbocycles. The van der Waals surface area contributed by atoms with Crippen molar-refractivity contribution in [1.29, 1.82) is 0 Å². The number of methoxy groups -OCH3 is 1. The van der Waals surface area contributed by atoms with Gasteiger partial charge < -0.3 is 15.4 Å². The third kappa shape index (κ3) is 8.49. The zero-order valence-corrected chi connectivity index (χ0v) is 16.6. The van der Waals surface area contributed by atoms with Gasteiger partial charge in [0.1, 0.15) is 0 Å². The minimum Gasteiger partial charge on any atom is -0.385 e. The summed E-state index contributed by atoms with van der Waals surface area (Å²) >= 11 is 0. The van der Waals surface area contributed by atoms with Gasteiger partial charge >= 0.3 is 0 Å². The summed E-state index contributed by atoms with van der Waals surface area (Å²) in [5.74, 6) is 0.538. The quantitative estimate of drug-likeness (QED) is 0.273. The Morgan fingerprint density at radius 2 is 2.05 bits per heavy atom. The lowest BCUT2D eigenvalue weighted by molar-refractivity contribution is 0.0778. The van der Waals surface area contributed by atoms with Crippen molar-refractivity contribution in [1.82, 2.24) is 10.6 Å². The summed E-state index contributed by atoms with van der Waals surface area (Å²) in [6.07, 6.45) is 4.62. The Morgan fingerprint density at radius 1 is 1.36 bits per heavy atom. The topological polar surface area (TPSA) is 106 Å². The first kappa shape index (κ1) is 21.9. The molecule has 0 heterocycles. The van der Waals surface area contributed by atoms with Crippen LogP contribution in [0.1, 0.15) is 32.6 Å². The third-order valence-electron chi connectivity index (χ3n) is 3.85. The van der Waals surface area contributed by atoms with Crippen LogP contribution >= 0.6 is 24.0 Å². The maximum absolute atomic E-state index is 10.9. The molecule has 0 spiro atoms. The average molecular weight is 448 g/mol. The Kier molecular flexibility index (Phi) is 10.5. The molecule has 1 aliphatic rings. The fourth-order valence-electron chi connectivity index (χ4n) is 2.38. The maximum Gasteiger partial charge on any atom is 0.210 e. The van der Waals surface area contributed by atoms with Gasteiger partial charge in [-0.25, -0.2) is 13.6 Å². The van der Waals surface area contributed by atoms with E-state index in [-0.39, 0.29) is 41.7 Å². The van der Waals surface area contributed by atoms with Crippen LogP contribution < -0.4 is 15.8 Å². The van der Waals surface area contributed by atoms with Crippen LogP contribution in [0, 0.1) is 5.41 Å². The molecule has 0 aliphatic heterocycles. The molecule has 132 valence electrons. The molecule has 0 saturated heterocycles. The molecular formula is C13H29IN4O3S. The van der Waals surface area contributed by atoms with E-state index in [0.29, 0.717) is 5.96 Å². The lowest BCUT2D eigenvalue weighted by Gasteiger charge is -2.40. The van der Waals surface area contributed by atoms with Crippen LogP contribution in [-0.2, 0) is 14.8 Å². The zero-order chi connectivity index (χ0) is 15.8. The number of nitrogens with two attached hydrogens (primary N) is 1. The molecule has 0 amide bonds. The molecule has 1 rings (SSSR count). The fourth-order valence-corrected chi connectivity index (χ4v) is 2.77. The summed E-state index contributed by atoms with van der Waals surface area (Å²) in [4.78, 5) is 4.58. The molecule has 22 heavy (non-hydrogen) atoms. The van der Waals surface area contributed by atoms with Crippen LogP contribution in [0.15, 0.2) is 4.99 Å². The van der Waals surface area contributed by atoms with E-state index in [0.717, 1.165) is 26.1 Å². The molecule has 0 radical (unpaired) electrons. The molecule has 0 aromatic rings. The highest BCUT2D eigenvalue weighted by atomic mass is 127. The minimum absolute atomic E-state index is 0. The van der Waals surface area contributed by atoms with E-state index in [1.165, 1.54) is 19.3 Å². The van der Waals surface area contributed by atoms with Crippen LogP contribution in [-0.4, -0.2) is 53.5 Å². The summed E-state index contributed by atoms with van der Waals surface area (Å²) in [6, 6.07) is 0. The van der Waals surface area contributed by atoms with Crippen molar-refractivity contribution >= 4 is 40.0 Å². The molecule has 0 aromatic carbocycles. The van der Waals surface area contributed by atoms with Gasteiger partial charge in [0.05, 0.1) is 5.75 Å². The van der Waals surface area contributed by atoms with Crippen molar-refractivity contribution in [3.8, 4) is 0 Å². The summed E-state index contributed by atoms with van der Waals surface area (Å²) in [6.45, 7) is 4.45. The lowest BCUT2D eigenvalue weighted by Crippen LogP contribution is -2.42. The first-order chi connectivity index (χ1) is 9.91. The predicted octanol–water partition coefficient (Wildman–Crippen LogP) is 0.655. The standard InChI is InChI=1S/C13H28N4O3S.HI/c1-3-15-12(16-8-10-21(14,18)19)17-11-13(5-4-6-13)7-9-20-2;/h3-11H2,1-2H3,(H2,14,18,19)(H2,15,16,17);1H. The number of nitrogens with zero attached hydrogens (tertiary/aromatic N) is 1. The molecule has 9 heteroatoms. The molecule has 7 nitrogen and oxygen atoms in total. The second-order valence-corrected chi connectivity index (χ2v) is 7.32. The Morgan fingerprint density at radius 3 is 2.50 bits per heavy atom. The monoisotopic (exact) mass is 448 g/mol. The summed E-state index contributed by atoms with van der Waals surface area (Å²) < 4.78 is 27.0. The lowest BCUT2D eigenvalue weighted by atomic mass is 9.67. The normalized spacial score (nSPS) is 17.3. The second kappa shape index (κ2) is 10.6. The highest BCUT2D eigenvalue weighted by molar-refractivity contribution is 14.0. The molecule has 4 N–H and O–H groups in total. The number of nitrogens with one attached hydrogen (secondary N) is 2. The third-order valence-corrected chi connectivity index (χ3v) is 4.62. The summed E-state index contributed by atoms with van der Waals surface area (Å²) in [5, 5.41) is 11.1. The van der Waals surface area contributed by atoms with Gasteiger partial charge in [-0.15, -0.1) is 24.0 Å². The van der Waals surface area contributed by atoms with Crippen LogP contribution in [0.4, 0.5) is 0 Å². The molecule has 1 fully saturated rings. The van der Waals surface area contributed by atoms with Crippen LogP contribution in [0.5, 0.6) is 0 Å². The summed E-state index contributed by atoms with van der Waals surface area (Å²) in [7, 11) is -1.73. The van der Waals surface area contributed by atoms with Gasteiger partial charge in [-0.3, -0.25) is 4.99 Å². The van der Waals surface area contributed by atoms with Crippen molar-refractivity contribution in [2.45, 2.75) is 32.6 Å². The number of aliphatic imine (C=N–C) groups is 1. The van der Waals surface area contributed by atoms with Gasteiger partial charge in [0.15, 0.2) is 5.96 Å². The Bertz CT molecular complexity index is 439. The van der Waals surface area contributed by atoms with E-state index in [2.05, 4.69) is 15.6 Å². The van der Waals surface area contributed by atoms with Crippen LogP contribution in [0.2, 0.25) is 0 Å². The number of hydrogen-bond acceptors (Lipinski definition) is 4. The SMILES string of the molecule is CCNC(=NCC1(CCOC)CCC1)NCCS(N)(=O)=O.I. The molecule has 0 aromatic heterocycles. The zero-order valence-electron chi connectivity index (χ0n) is 13.4. The molecule has 0 unspecified atom stereocenters. The van der Waals surface area contributed by atoms with Gasteiger partial charge in [-0.2, -0.15) is 0 Å².